The van der Waals surface area contributed by atoms with Gasteiger partial charge in [-0.15, -0.1) is 0 Å². The molecule has 1 heterocycles. The van der Waals surface area contributed by atoms with Crippen molar-refractivity contribution in [2.24, 2.45) is 0 Å². The molecule has 0 aliphatic rings. The van der Waals surface area contributed by atoms with E-state index in [1.54, 1.807) is 0 Å². The number of hydrogen-bond acceptors (Lipinski definition) is 3. The lowest BCUT2D eigenvalue weighted by Crippen LogP contribution is -2.07. The molecule has 0 bridgehead atoms. The number of hydrogen-bond donors (Lipinski definition) is 2. The monoisotopic (exact) mass is 287 g/mol. The zero-order valence-electron chi connectivity index (χ0n) is 14.6. The maximum atomic E-state index is 12.8. The first-order chi connectivity index (χ1) is 11.4. The minimum absolute atomic E-state index is 0.442. The van der Waals surface area contributed by atoms with E-state index in [-0.39, 0.29) is 0 Å². The molecule has 2 N–H and O–H groups in total. The molecule has 0 unspecified atom stereocenters. The second-order valence-corrected chi connectivity index (χ2v) is 3.55. The van der Waals surface area contributed by atoms with Gasteiger partial charge in [0.15, 0.2) is 0 Å². The minimum atomic E-state index is -4.80. The summed E-state index contributed by atoms with van der Waals surface area (Å²) < 4.78 is 76.0. The van der Waals surface area contributed by atoms with Crippen LogP contribution in [0.1, 0.15) is 22.8 Å². The van der Waals surface area contributed by atoms with Crippen LogP contribution in [-0.4, -0.2) is 16.1 Å². The summed E-state index contributed by atoms with van der Waals surface area (Å²) in [4.78, 5) is 14.7. The first kappa shape index (κ1) is 8.57. The van der Waals surface area contributed by atoms with Crippen molar-refractivity contribution >= 4 is 17.5 Å². The lowest BCUT2D eigenvalue weighted by molar-refractivity contribution is -0.137. The third-order valence-electron chi connectivity index (χ3n) is 2.18. The van der Waals surface area contributed by atoms with Crippen LogP contribution in [-0.2, 0) is 6.18 Å². The fourth-order valence-electron chi connectivity index (χ4n) is 1.32. The standard InChI is InChI=1S/C13H9F3N2O2/c14-13(15,16)8-3-1-4-9(7-8)18-11-10(12(19)20)5-2-6-17-11/h1-7H,(H,17,18)(H,19,20)/i1D,2D,4D,5D,6D. The number of carbonyl (C=O) groups is 1. The molecule has 0 spiro atoms. The summed E-state index contributed by atoms with van der Waals surface area (Å²) in [6.07, 6.45) is -5.56. The Morgan fingerprint density at radius 2 is 2.10 bits per heavy atom. The van der Waals surface area contributed by atoms with Gasteiger partial charge in [0.25, 0.3) is 0 Å². The second-order valence-electron chi connectivity index (χ2n) is 3.55. The van der Waals surface area contributed by atoms with Crippen molar-refractivity contribution in [3.05, 3.63) is 53.6 Å². The Bertz CT molecular complexity index is 874. The number of pyridine rings is 1. The maximum Gasteiger partial charge on any atom is 0.416 e. The largest absolute Gasteiger partial charge is 0.478 e. The average Bonchev–Trinajstić information content (AvgIpc) is 2.47. The van der Waals surface area contributed by atoms with E-state index in [4.69, 9.17) is 12.0 Å². The highest BCUT2D eigenvalue weighted by molar-refractivity contribution is 5.93. The van der Waals surface area contributed by atoms with Crippen LogP contribution in [0.5, 0.6) is 0 Å². The van der Waals surface area contributed by atoms with Crippen molar-refractivity contribution in [2.75, 3.05) is 5.32 Å². The van der Waals surface area contributed by atoms with Crippen LogP contribution in [0.25, 0.3) is 0 Å². The van der Waals surface area contributed by atoms with Gasteiger partial charge < -0.3 is 10.4 Å². The van der Waals surface area contributed by atoms with Gasteiger partial charge in [-0.2, -0.15) is 13.2 Å². The van der Waals surface area contributed by atoms with Gasteiger partial charge in [0.1, 0.15) is 11.4 Å². The quantitative estimate of drug-likeness (QED) is 0.906. The normalized spacial score (nSPS) is 14.7. The number of anilines is 2. The average molecular weight is 287 g/mol. The number of alkyl halides is 3. The van der Waals surface area contributed by atoms with Crippen molar-refractivity contribution in [2.45, 2.75) is 6.18 Å². The topological polar surface area (TPSA) is 62.2 Å². The Morgan fingerprint density at radius 1 is 1.35 bits per heavy atom. The summed E-state index contributed by atoms with van der Waals surface area (Å²) in [6, 6.07) is -2.09. The summed E-state index contributed by atoms with van der Waals surface area (Å²) in [6.45, 7) is 0. The Morgan fingerprint density at radius 3 is 2.75 bits per heavy atom. The molecule has 0 fully saturated rings. The third-order valence-corrected chi connectivity index (χ3v) is 2.18. The summed E-state index contributed by atoms with van der Waals surface area (Å²) >= 11 is 0. The molecule has 104 valence electrons. The summed E-state index contributed by atoms with van der Waals surface area (Å²) in [5, 5.41) is 11.3. The van der Waals surface area contributed by atoms with Crippen LogP contribution < -0.4 is 5.32 Å². The Kier molecular flexibility index (Phi) is 2.23. The van der Waals surface area contributed by atoms with Crippen LogP contribution >= 0.6 is 0 Å². The molecule has 20 heavy (non-hydrogen) atoms. The van der Waals surface area contributed by atoms with Crippen molar-refractivity contribution in [1.82, 2.24) is 4.98 Å². The number of rotatable bonds is 3. The predicted octanol–water partition coefficient (Wildman–Crippen LogP) is 3.54. The van der Waals surface area contributed by atoms with E-state index in [1.807, 2.05) is 0 Å². The van der Waals surface area contributed by atoms with Crippen molar-refractivity contribution in [1.29, 1.82) is 0 Å². The Labute approximate surface area is 118 Å². The zero-order valence-corrected chi connectivity index (χ0v) is 9.59. The van der Waals surface area contributed by atoms with Gasteiger partial charge in [-0.3, -0.25) is 0 Å². The van der Waals surface area contributed by atoms with Gasteiger partial charge in [-0.25, -0.2) is 9.78 Å². The highest BCUT2D eigenvalue weighted by atomic mass is 19.4. The molecule has 0 atom stereocenters. The van der Waals surface area contributed by atoms with Crippen LogP contribution in [0.4, 0.5) is 24.7 Å². The molecule has 0 amide bonds. The van der Waals surface area contributed by atoms with E-state index < -0.39 is 65.1 Å². The Balaban J connectivity index is 2.65. The van der Waals surface area contributed by atoms with E-state index in [1.165, 1.54) is 0 Å². The van der Waals surface area contributed by atoms with Crippen LogP contribution in [0, 0.1) is 0 Å². The molecule has 1 aromatic carbocycles. The van der Waals surface area contributed by atoms with Crippen molar-refractivity contribution in [3.8, 4) is 0 Å². The third kappa shape index (κ3) is 3.05. The second kappa shape index (κ2) is 5.20. The number of nitrogens with zero attached hydrogens (tertiary/aromatic N) is 1. The number of aromatic carboxylic acids is 1. The lowest BCUT2D eigenvalue weighted by Gasteiger charge is -2.11. The van der Waals surface area contributed by atoms with Gasteiger partial charge in [-0.1, -0.05) is 6.04 Å². The fourth-order valence-corrected chi connectivity index (χ4v) is 1.32. The van der Waals surface area contributed by atoms with Crippen LogP contribution in [0.2, 0.25) is 0 Å². The number of carboxylic acids is 1. The molecule has 7 heteroatoms. The van der Waals surface area contributed by atoms with E-state index in [0.29, 0.717) is 12.1 Å². The van der Waals surface area contributed by atoms with Crippen LogP contribution in [0.15, 0.2) is 42.5 Å². The number of nitrogens with one attached hydrogen (secondary N) is 1. The Hall–Kier alpha value is -2.57. The maximum absolute atomic E-state index is 12.8. The number of halogens is 3. The highest BCUT2D eigenvalue weighted by Crippen LogP contribution is 2.31. The molecular weight excluding hydrogens is 273 g/mol. The summed E-state index contributed by atoms with van der Waals surface area (Å²) in [5.41, 5.74) is -2.63. The number of aromatic nitrogens is 1. The van der Waals surface area contributed by atoms with Gasteiger partial charge >= 0.3 is 12.1 Å². The molecular formula is C13H9F3N2O2. The molecule has 0 saturated heterocycles. The molecule has 4 nitrogen and oxygen atoms in total. The SMILES string of the molecule is [2H]c1cc(C(F)(F)F)cc(Nc2nc([2H])c([2H])c([2H])c2C(=O)O)c1[2H]. The van der Waals surface area contributed by atoms with Crippen molar-refractivity contribution in [3.63, 3.8) is 0 Å². The molecule has 0 saturated carbocycles. The summed E-state index contributed by atoms with van der Waals surface area (Å²) in [7, 11) is 0. The van der Waals surface area contributed by atoms with E-state index >= 15 is 0 Å². The molecule has 0 radical (unpaired) electrons. The van der Waals surface area contributed by atoms with Gasteiger partial charge in [0, 0.05) is 11.9 Å². The first-order valence-corrected chi connectivity index (χ1v) is 5.10. The van der Waals surface area contributed by atoms with Crippen LogP contribution in [0.3, 0.4) is 0 Å². The highest BCUT2D eigenvalue weighted by Gasteiger charge is 2.30. The van der Waals surface area contributed by atoms with Gasteiger partial charge in [0.2, 0.25) is 0 Å². The first-order valence-electron chi connectivity index (χ1n) is 7.60. The van der Waals surface area contributed by atoms with E-state index in [2.05, 4.69) is 10.3 Å². The number of benzene rings is 1. The molecule has 0 aliphatic heterocycles. The number of carboxylic acid groups (broad SMARTS) is 1. The van der Waals surface area contributed by atoms with E-state index in [9.17, 15) is 18.0 Å². The summed E-state index contributed by atoms with van der Waals surface area (Å²) in [5.74, 6) is -2.34. The fraction of sp³-hybridized carbons (Fsp3) is 0.0769. The van der Waals surface area contributed by atoms with E-state index in [0.717, 1.165) is 0 Å². The predicted molar refractivity (Wildman–Crippen MR) is 65.9 cm³/mol. The zero-order chi connectivity index (χ0) is 19.1. The van der Waals surface area contributed by atoms with Gasteiger partial charge in [-0.05, 0) is 30.3 Å². The minimum Gasteiger partial charge on any atom is -0.478 e. The molecule has 2 aromatic rings. The molecule has 1 aromatic heterocycles. The van der Waals surface area contributed by atoms with Gasteiger partial charge in [0.05, 0.1) is 12.4 Å². The molecule has 2 rings (SSSR count). The smallest absolute Gasteiger partial charge is 0.416 e. The molecule has 0 aliphatic carbocycles. The van der Waals surface area contributed by atoms with Crippen molar-refractivity contribution < 1.29 is 29.9 Å². The lowest BCUT2D eigenvalue weighted by atomic mass is 10.2.